The van der Waals surface area contributed by atoms with E-state index in [9.17, 15) is 4.79 Å². The summed E-state index contributed by atoms with van der Waals surface area (Å²) in [6.45, 7) is 2.11. The van der Waals surface area contributed by atoms with E-state index in [2.05, 4.69) is 59.5 Å². The molecule has 1 aliphatic heterocycles. The number of carboxylic acid groups (broad SMARTS) is 1. The van der Waals surface area contributed by atoms with Gasteiger partial charge in [-0.2, -0.15) is 0 Å². The molecule has 3 nitrogen and oxygen atoms in total. The first-order chi connectivity index (χ1) is 14.2. The number of piperidine rings is 1. The van der Waals surface area contributed by atoms with Crippen molar-refractivity contribution in [3.05, 3.63) is 76.9 Å². The Morgan fingerprint density at radius 3 is 2.31 bits per heavy atom. The van der Waals surface area contributed by atoms with Crippen LogP contribution in [0.5, 0.6) is 0 Å². The van der Waals surface area contributed by atoms with Gasteiger partial charge in [-0.25, -0.2) is 0 Å². The van der Waals surface area contributed by atoms with Crippen LogP contribution in [0, 0.1) is 0 Å². The maximum atomic E-state index is 11.0. The largest absolute Gasteiger partial charge is 0.481 e. The number of aryl methyl sites for hydroxylation is 2. The summed E-state index contributed by atoms with van der Waals surface area (Å²) < 4.78 is 0. The molecule has 0 saturated carbocycles. The second-order valence-corrected chi connectivity index (χ2v) is 8.34. The van der Waals surface area contributed by atoms with Crippen molar-refractivity contribution in [1.29, 1.82) is 0 Å². The van der Waals surface area contributed by atoms with Gasteiger partial charge in [0.05, 0.1) is 0 Å². The monoisotopic (exact) mass is 389 g/mol. The summed E-state index contributed by atoms with van der Waals surface area (Å²) in [7, 11) is 0. The fourth-order valence-electron chi connectivity index (χ4n) is 4.98. The molecule has 1 N–H and O–H groups in total. The fraction of sp³-hybridized carbons (Fsp3) is 0.423. The third kappa shape index (κ3) is 4.79. The van der Waals surface area contributed by atoms with Crippen molar-refractivity contribution in [2.45, 2.75) is 57.4 Å². The van der Waals surface area contributed by atoms with Gasteiger partial charge in [-0.1, -0.05) is 61.0 Å². The van der Waals surface area contributed by atoms with Gasteiger partial charge in [0.1, 0.15) is 0 Å². The van der Waals surface area contributed by atoms with Gasteiger partial charge in [-0.05, 0) is 72.9 Å². The standard InChI is InChI=1S/C26H31NO2/c28-26(29)17-16-22-10-5-6-18-27(22)19-7-13-25-23-11-3-1-8-20(23)14-15-21-9-2-4-12-24(21)25/h1-4,8-9,11-13,22H,5-7,10,14-19H2,(H,28,29). The Morgan fingerprint density at radius 2 is 1.66 bits per heavy atom. The Bertz CT molecular complexity index is 836. The van der Waals surface area contributed by atoms with Gasteiger partial charge in [-0.3, -0.25) is 4.79 Å². The molecule has 2 aromatic rings. The number of hydrogen-bond donors (Lipinski definition) is 1. The van der Waals surface area contributed by atoms with Gasteiger partial charge in [0.15, 0.2) is 0 Å². The minimum absolute atomic E-state index is 0.281. The molecule has 0 spiro atoms. The van der Waals surface area contributed by atoms with Crippen molar-refractivity contribution in [2.24, 2.45) is 0 Å². The third-order valence-corrected chi connectivity index (χ3v) is 6.48. The normalized spacial score (nSPS) is 19.2. The summed E-state index contributed by atoms with van der Waals surface area (Å²) in [5, 5.41) is 9.06. The number of nitrogens with zero attached hydrogens (tertiary/aromatic N) is 1. The molecule has 152 valence electrons. The van der Waals surface area contributed by atoms with Gasteiger partial charge in [0, 0.05) is 19.0 Å². The van der Waals surface area contributed by atoms with E-state index in [1.165, 1.54) is 40.7 Å². The Kier molecular flexibility index (Phi) is 6.46. The van der Waals surface area contributed by atoms with Gasteiger partial charge < -0.3 is 10.0 Å². The zero-order valence-electron chi connectivity index (χ0n) is 17.1. The molecule has 1 aliphatic carbocycles. The average molecular weight is 390 g/mol. The molecule has 1 heterocycles. The van der Waals surface area contributed by atoms with Crippen LogP contribution in [0.4, 0.5) is 0 Å². The molecule has 1 saturated heterocycles. The first-order valence-corrected chi connectivity index (χ1v) is 11.0. The number of benzene rings is 2. The van der Waals surface area contributed by atoms with Gasteiger partial charge in [0.25, 0.3) is 0 Å². The van der Waals surface area contributed by atoms with E-state index >= 15 is 0 Å². The summed E-state index contributed by atoms with van der Waals surface area (Å²) in [6.07, 6.45) is 10.2. The van der Waals surface area contributed by atoms with E-state index in [4.69, 9.17) is 5.11 Å². The molecule has 0 radical (unpaired) electrons. The van der Waals surface area contributed by atoms with Crippen LogP contribution in [0.3, 0.4) is 0 Å². The Morgan fingerprint density at radius 1 is 1.00 bits per heavy atom. The van der Waals surface area contributed by atoms with E-state index in [1.807, 2.05) is 0 Å². The highest BCUT2D eigenvalue weighted by atomic mass is 16.4. The second-order valence-electron chi connectivity index (χ2n) is 8.34. The van der Waals surface area contributed by atoms with Gasteiger partial charge in [0.2, 0.25) is 0 Å². The third-order valence-electron chi connectivity index (χ3n) is 6.48. The van der Waals surface area contributed by atoms with E-state index in [1.54, 1.807) is 0 Å². The predicted octanol–water partition coefficient (Wildman–Crippen LogP) is 5.33. The summed E-state index contributed by atoms with van der Waals surface area (Å²) in [6, 6.07) is 18.1. The molecule has 29 heavy (non-hydrogen) atoms. The van der Waals surface area contributed by atoms with Crippen LogP contribution >= 0.6 is 0 Å². The van der Waals surface area contributed by atoms with E-state index in [-0.39, 0.29) is 6.42 Å². The van der Waals surface area contributed by atoms with Crippen molar-refractivity contribution in [3.63, 3.8) is 0 Å². The molecule has 2 aromatic carbocycles. The highest BCUT2D eigenvalue weighted by Gasteiger charge is 2.23. The molecule has 1 atom stereocenters. The van der Waals surface area contributed by atoms with Crippen LogP contribution in [-0.2, 0) is 17.6 Å². The van der Waals surface area contributed by atoms with Crippen molar-refractivity contribution in [1.82, 2.24) is 4.90 Å². The van der Waals surface area contributed by atoms with Crippen molar-refractivity contribution >= 4 is 11.5 Å². The lowest BCUT2D eigenvalue weighted by Gasteiger charge is -2.35. The van der Waals surface area contributed by atoms with Gasteiger partial charge >= 0.3 is 5.97 Å². The fourth-order valence-corrected chi connectivity index (χ4v) is 4.98. The minimum Gasteiger partial charge on any atom is -0.481 e. The van der Waals surface area contributed by atoms with Crippen LogP contribution in [-0.4, -0.2) is 35.1 Å². The summed E-state index contributed by atoms with van der Waals surface area (Å²) in [5.74, 6) is -0.677. The molecule has 4 rings (SSSR count). The average Bonchev–Trinajstić information content (AvgIpc) is 2.90. The molecule has 3 heteroatoms. The number of aliphatic carboxylic acids is 1. The maximum Gasteiger partial charge on any atom is 0.303 e. The van der Waals surface area contributed by atoms with Crippen LogP contribution < -0.4 is 0 Å². The lowest BCUT2D eigenvalue weighted by Crippen LogP contribution is -2.40. The molecule has 2 aliphatic rings. The Hall–Kier alpha value is -2.39. The number of likely N-dealkylation sites (tertiary alicyclic amines) is 1. The predicted molar refractivity (Wildman–Crippen MR) is 118 cm³/mol. The SMILES string of the molecule is O=C(O)CCC1CCCCN1CCC=C1c2ccccc2CCc2ccccc21. The number of carboxylic acids is 1. The summed E-state index contributed by atoms with van der Waals surface area (Å²) in [5.41, 5.74) is 6.99. The lowest BCUT2D eigenvalue weighted by molar-refractivity contribution is -0.137. The lowest BCUT2D eigenvalue weighted by atomic mass is 9.93. The zero-order valence-corrected chi connectivity index (χ0v) is 17.1. The second kappa shape index (κ2) is 9.41. The van der Waals surface area contributed by atoms with Crippen LogP contribution in [0.2, 0.25) is 0 Å². The molecular weight excluding hydrogens is 358 g/mol. The van der Waals surface area contributed by atoms with Crippen LogP contribution in [0.15, 0.2) is 54.6 Å². The number of hydrogen-bond acceptors (Lipinski definition) is 2. The highest BCUT2D eigenvalue weighted by Crippen LogP contribution is 2.34. The summed E-state index contributed by atoms with van der Waals surface area (Å²) in [4.78, 5) is 13.5. The van der Waals surface area contributed by atoms with Crippen LogP contribution in [0.1, 0.15) is 60.8 Å². The van der Waals surface area contributed by atoms with Crippen molar-refractivity contribution in [3.8, 4) is 0 Å². The zero-order chi connectivity index (χ0) is 20.1. The molecular formula is C26H31NO2. The van der Waals surface area contributed by atoms with E-state index in [0.717, 1.165) is 45.2 Å². The van der Waals surface area contributed by atoms with Crippen molar-refractivity contribution in [2.75, 3.05) is 13.1 Å². The Labute approximate surface area is 174 Å². The molecule has 1 unspecified atom stereocenters. The first kappa shape index (κ1) is 19.9. The molecule has 0 aromatic heterocycles. The quantitative estimate of drug-likeness (QED) is 0.726. The first-order valence-electron chi connectivity index (χ1n) is 11.0. The van der Waals surface area contributed by atoms with Gasteiger partial charge in [-0.15, -0.1) is 0 Å². The number of carbonyl (C=O) groups is 1. The maximum absolute atomic E-state index is 11.0. The van der Waals surface area contributed by atoms with E-state index < -0.39 is 5.97 Å². The van der Waals surface area contributed by atoms with Crippen molar-refractivity contribution < 1.29 is 9.90 Å². The summed E-state index contributed by atoms with van der Waals surface area (Å²) >= 11 is 0. The smallest absolute Gasteiger partial charge is 0.303 e. The minimum atomic E-state index is -0.677. The Balaban J connectivity index is 1.54. The molecule has 0 amide bonds. The van der Waals surface area contributed by atoms with E-state index in [0.29, 0.717) is 6.04 Å². The number of rotatable bonds is 6. The topological polar surface area (TPSA) is 40.5 Å². The molecule has 0 bridgehead atoms. The molecule has 1 fully saturated rings. The number of fused-ring (bicyclic) bond motifs is 2. The van der Waals surface area contributed by atoms with Crippen LogP contribution in [0.25, 0.3) is 5.57 Å². The highest BCUT2D eigenvalue weighted by molar-refractivity contribution is 5.83.